The van der Waals surface area contributed by atoms with Gasteiger partial charge in [-0.05, 0) is 35.9 Å². The Balaban J connectivity index is 1.86. The highest BCUT2D eigenvalue weighted by Gasteiger charge is 2.26. The number of halogens is 1. The summed E-state index contributed by atoms with van der Waals surface area (Å²) in [7, 11) is 1.45. The van der Waals surface area contributed by atoms with E-state index in [1.807, 2.05) is 12.1 Å². The molecule has 0 bridgehead atoms. The number of ether oxygens (including phenoxy) is 2. The van der Waals surface area contributed by atoms with Gasteiger partial charge in [-0.1, -0.05) is 23.7 Å². The number of nitrogens with zero attached hydrogens (tertiary/aromatic N) is 1. The van der Waals surface area contributed by atoms with Crippen molar-refractivity contribution in [2.75, 3.05) is 30.5 Å². The van der Waals surface area contributed by atoms with Gasteiger partial charge in [0, 0.05) is 17.8 Å². The average Bonchev–Trinajstić information content (AvgIpc) is 2.59. The summed E-state index contributed by atoms with van der Waals surface area (Å²) in [6, 6.07) is 12.5. The number of anilines is 2. The van der Waals surface area contributed by atoms with Gasteiger partial charge >= 0.3 is 0 Å². The Hall–Kier alpha value is -2.57. The fourth-order valence-electron chi connectivity index (χ4n) is 2.55. The lowest BCUT2D eigenvalue weighted by molar-refractivity contribution is -0.121. The molecule has 1 N–H and O–H groups in total. The predicted octanol–water partition coefficient (Wildman–Crippen LogP) is 2.85. The van der Waals surface area contributed by atoms with Crippen LogP contribution in [0.4, 0.5) is 11.4 Å². The Morgan fingerprint density at radius 3 is 2.76 bits per heavy atom. The van der Waals surface area contributed by atoms with Crippen LogP contribution < -0.4 is 15.0 Å². The van der Waals surface area contributed by atoms with Crippen LogP contribution in [0.2, 0.25) is 5.02 Å². The largest absolute Gasteiger partial charge is 0.482 e. The average molecular weight is 361 g/mol. The third-order valence-corrected chi connectivity index (χ3v) is 3.97. The monoisotopic (exact) mass is 360 g/mol. The lowest BCUT2D eigenvalue weighted by Gasteiger charge is -2.30. The Morgan fingerprint density at radius 1 is 1.28 bits per heavy atom. The van der Waals surface area contributed by atoms with Crippen molar-refractivity contribution in [3.63, 3.8) is 0 Å². The van der Waals surface area contributed by atoms with E-state index >= 15 is 0 Å². The van der Waals surface area contributed by atoms with Gasteiger partial charge in [-0.15, -0.1) is 0 Å². The quantitative estimate of drug-likeness (QED) is 0.890. The van der Waals surface area contributed by atoms with Gasteiger partial charge in [0.2, 0.25) is 5.91 Å². The topological polar surface area (TPSA) is 67.9 Å². The second-order valence-electron chi connectivity index (χ2n) is 5.56. The standard InChI is InChI=1S/C18H17ClN2O4/c1-24-10-17(22)20-14-6-7-16-15(8-14)21(18(23)11-25-16)9-12-2-4-13(19)5-3-12/h2-8H,9-11H2,1H3,(H,20,22). The van der Waals surface area contributed by atoms with E-state index in [2.05, 4.69) is 5.32 Å². The predicted molar refractivity (Wildman–Crippen MR) is 95.1 cm³/mol. The summed E-state index contributed by atoms with van der Waals surface area (Å²) in [5.74, 6) is 0.177. The minimum Gasteiger partial charge on any atom is -0.482 e. The van der Waals surface area contributed by atoms with Gasteiger partial charge in [-0.3, -0.25) is 9.59 Å². The first-order valence-corrected chi connectivity index (χ1v) is 8.05. The number of amides is 2. The van der Waals surface area contributed by atoms with Gasteiger partial charge in [-0.25, -0.2) is 0 Å². The lowest BCUT2D eigenvalue weighted by Crippen LogP contribution is -2.38. The van der Waals surface area contributed by atoms with E-state index in [-0.39, 0.29) is 25.0 Å². The van der Waals surface area contributed by atoms with Crippen LogP contribution >= 0.6 is 11.6 Å². The van der Waals surface area contributed by atoms with Gasteiger partial charge in [0.05, 0.1) is 12.2 Å². The van der Waals surface area contributed by atoms with E-state index in [9.17, 15) is 9.59 Å². The zero-order valence-electron chi connectivity index (χ0n) is 13.6. The molecule has 25 heavy (non-hydrogen) atoms. The van der Waals surface area contributed by atoms with Gasteiger partial charge in [-0.2, -0.15) is 0 Å². The Bertz CT molecular complexity index is 792. The van der Waals surface area contributed by atoms with Crippen LogP contribution in [-0.2, 0) is 20.9 Å². The van der Waals surface area contributed by atoms with Crippen LogP contribution in [0.3, 0.4) is 0 Å². The maximum Gasteiger partial charge on any atom is 0.265 e. The van der Waals surface area contributed by atoms with Crippen molar-refractivity contribution >= 4 is 34.8 Å². The molecule has 0 saturated carbocycles. The van der Waals surface area contributed by atoms with Crippen molar-refractivity contribution in [2.45, 2.75) is 6.54 Å². The number of carbonyl (C=O) groups excluding carboxylic acids is 2. The van der Waals surface area contributed by atoms with Crippen LogP contribution in [0.1, 0.15) is 5.56 Å². The molecule has 0 saturated heterocycles. The van der Waals surface area contributed by atoms with Crippen molar-refractivity contribution in [1.29, 1.82) is 0 Å². The van der Waals surface area contributed by atoms with Crippen LogP contribution in [0.15, 0.2) is 42.5 Å². The number of nitrogens with one attached hydrogen (secondary N) is 1. The normalized spacial score (nSPS) is 13.2. The number of methoxy groups -OCH3 is 1. The molecule has 1 aliphatic heterocycles. The highest BCUT2D eigenvalue weighted by molar-refractivity contribution is 6.30. The molecule has 1 heterocycles. The highest BCUT2D eigenvalue weighted by Crippen LogP contribution is 2.35. The molecule has 6 nitrogen and oxygen atoms in total. The fraction of sp³-hybridized carbons (Fsp3) is 0.222. The molecule has 0 atom stereocenters. The molecule has 0 fully saturated rings. The molecular weight excluding hydrogens is 344 g/mol. The molecule has 2 aromatic rings. The molecular formula is C18H17ClN2O4. The molecule has 0 unspecified atom stereocenters. The summed E-state index contributed by atoms with van der Waals surface area (Å²) in [5, 5.41) is 3.36. The van der Waals surface area contributed by atoms with Gasteiger partial charge in [0.15, 0.2) is 6.61 Å². The van der Waals surface area contributed by atoms with Crippen LogP contribution in [-0.4, -0.2) is 32.1 Å². The molecule has 3 rings (SSSR count). The third kappa shape index (κ3) is 4.10. The van der Waals surface area contributed by atoms with Crippen LogP contribution in [0.25, 0.3) is 0 Å². The summed E-state index contributed by atoms with van der Waals surface area (Å²) in [5.41, 5.74) is 2.13. The van der Waals surface area contributed by atoms with Crippen molar-refractivity contribution in [2.24, 2.45) is 0 Å². The van der Waals surface area contributed by atoms with Crippen molar-refractivity contribution in [3.8, 4) is 5.75 Å². The highest BCUT2D eigenvalue weighted by atomic mass is 35.5. The minimum atomic E-state index is -0.269. The summed E-state index contributed by atoms with van der Waals surface area (Å²) in [6.45, 7) is 0.332. The number of hydrogen-bond donors (Lipinski definition) is 1. The molecule has 130 valence electrons. The SMILES string of the molecule is COCC(=O)Nc1ccc2c(c1)N(Cc1ccc(Cl)cc1)C(=O)CO2. The molecule has 0 aromatic heterocycles. The summed E-state index contributed by atoms with van der Waals surface area (Å²) in [4.78, 5) is 25.7. The van der Waals surface area contributed by atoms with Gasteiger partial charge < -0.3 is 19.7 Å². The van der Waals surface area contributed by atoms with Crippen molar-refractivity contribution in [1.82, 2.24) is 0 Å². The second kappa shape index (κ2) is 7.55. The number of fused-ring (bicyclic) bond motifs is 1. The fourth-order valence-corrected chi connectivity index (χ4v) is 2.68. The zero-order valence-corrected chi connectivity index (χ0v) is 14.4. The van der Waals surface area contributed by atoms with E-state index < -0.39 is 0 Å². The van der Waals surface area contributed by atoms with E-state index in [0.29, 0.717) is 28.7 Å². The maximum atomic E-state index is 12.3. The molecule has 0 spiro atoms. The van der Waals surface area contributed by atoms with Gasteiger partial charge in [0.1, 0.15) is 12.4 Å². The number of rotatable bonds is 5. The summed E-state index contributed by atoms with van der Waals surface area (Å²) < 4.78 is 10.3. The van der Waals surface area contributed by atoms with Crippen LogP contribution in [0, 0.1) is 0 Å². The second-order valence-corrected chi connectivity index (χ2v) is 6.00. The van der Waals surface area contributed by atoms with E-state index in [0.717, 1.165) is 5.56 Å². The molecule has 7 heteroatoms. The number of carbonyl (C=O) groups is 2. The molecule has 2 amide bonds. The van der Waals surface area contributed by atoms with Crippen molar-refractivity contribution in [3.05, 3.63) is 53.1 Å². The van der Waals surface area contributed by atoms with Gasteiger partial charge in [0.25, 0.3) is 5.91 Å². The van der Waals surface area contributed by atoms with Crippen LogP contribution in [0.5, 0.6) is 5.75 Å². The summed E-state index contributed by atoms with van der Waals surface area (Å²) >= 11 is 5.91. The molecule has 2 aromatic carbocycles. The Morgan fingerprint density at radius 2 is 2.04 bits per heavy atom. The first-order chi connectivity index (χ1) is 12.1. The third-order valence-electron chi connectivity index (χ3n) is 3.72. The maximum absolute atomic E-state index is 12.3. The summed E-state index contributed by atoms with van der Waals surface area (Å²) in [6.07, 6.45) is 0. The first kappa shape index (κ1) is 17.3. The smallest absolute Gasteiger partial charge is 0.265 e. The lowest BCUT2D eigenvalue weighted by atomic mass is 10.1. The van der Waals surface area contributed by atoms with E-state index in [1.54, 1.807) is 35.2 Å². The van der Waals surface area contributed by atoms with E-state index in [4.69, 9.17) is 21.1 Å². The van der Waals surface area contributed by atoms with E-state index in [1.165, 1.54) is 7.11 Å². The number of benzene rings is 2. The zero-order chi connectivity index (χ0) is 17.8. The first-order valence-electron chi connectivity index (χ1n) is 7.67. The molecule has 0 radical (unpaired) electrons. The Kier molecular flexibility index (Phi) is 5.21. The molecule has 0 aliphatic carbocycles. The van der Waals surface area contributed by atoms with Crippen molar-refractivity contribution < 1.29 is 19.1 Å². The minimum absolute atomic E-state index is 0.0179. The number of hydrogen-bond acceptors (Lipinski definition) is 4. The Labute approximate surface area is 150 Å². The molecule has 1 aliphatic rings.